The van der Waals surface area contributed by atoms with Crippen molar-refractivity contribution < 1.29 is 22.9 Å². The second kappa shape index (κ2) is 16.8. The van der Waals surface area contributed by atoms with Crippen LogP contribution in [0.15, 0.2) is 84.0 Å². The van der Waals surface area contributed by atoms with Gasteiger partial charge in [0.05, 0.1) is 21.6 Å². The van der Waals surface area contributed by atoms with Gasteiger partial charge in [0.1, 0.15) is 34.5 Å². The Morgan fingerprint density at radius 1 is 1.02 bits per heavy atom. The molecule has 316 valence electrons. The van der Waals surface area contributed by atoms with E-state index in [-0.39, 0.29) is 29.0 Å². The van der Waals surface area contributed by atoms with Gasteiger partial charge in [0, 0.05) is 86.2 Å². The number of benzene rings is 3. The van der Waals surface area contributed by atoms with Gasteiger partial charge in [-0.05, 0) is 92.1 Å². The molecule has 1 fully saturated rings. The lowest BCUT2D eigenvalue weighted by atomic mass is 9.97. The Bertz CT molecular complexity index is 2750. The van der Waals surface area contributed by atoms with E-state index in [1.54, 1.807) is 30.5 Å². The van der Waals surface area contributed by atoms with Crippen LogP contribution in [0.2, 0.25) is 5.02 Å². The van der Waals surface area contributed by atoms with Crippen LogP contribution < -0.4 is 19.7 Å². The molecule has 5 heterocycles. The van der Waals surface area contributed by atoms with Crippen LogP contribution in [0.1, 0.15) is 64.9 Å². The Hall–Kier alpha value is -6.04. The molecule has 61 heavy (non-hydrogen) atoms. The normalized spacial score (nSPS) is 18.2. The predicted octanol–water partition coefficient (Wildman–Crippen LogP) is 7.20. The summed E-state index contributed by atoms with van der Waals surface area (Å²) in [6.45, 7) is 6.03. The average molecular weight is 865 g/mol. The number of sulfonamides is 1. The van der Waals surface area contributed by atoms with Gasteiger partial charge < -0.3 is 24.5 Å². The minimum Gasteiger partial charge on any atom is -0.455 e. The van der Waals surface area contributed by atoms with E-state index in [0.717, 1.165) is 98.5 Å². The summed E-state index contributed by atoms with van der Waals surface area (Å²) in [5.41, 5.74) is 3.72. The van der Waals surface area contributed by atoms with E-state index in [1.165, 1.54) is 29.5 Å². The highest BCUT2D eigenvalue weighted by Gasteiger charge is 2.31. The SMILES string of the molecule is Cc1nnc2n1CC(CNc1ccc(S(=O)(=O)NC(=O)c3ccc(N4CCN(C5CCCCc6c(Cl)cccc65)CC4)cc3Oc3cnc4[nH]ccc4c3)cc1[N+](=O)[O-])CC2. The molecule has 9 rings (SSSR count). The maximum Gasteiger partial charge on any atom is 0.293 e. The zero-order valence-corrected chi connectivity index (χ0v) is 35.1. The maximum absolute atomic E-state index is 14.0. The molecule has 16 nitrogen and oxygen atoms in total. The summed E-state index contributed by atoms with van der Waals surface area (Å²) in [5.74, 6) is 1.39. The molecular weight excluding hydrogens is 820 g/mol. The highest BCUT2D eigenvalue weighted by Crippen LogP contribution is 2.38. The quantitative estimate of drug-likeness (QED) is 0.0675. The fourth-order valence-electron chi connectivity index (χ4n) is 8.87. The summed E-state index contributed by atoms with van der Waals surface area (Å²) >= 11 is 6.65. The third-order valence-electron chi connectivity index (χ3n) is 12.1. The van der Waals surface area contributed by atoms with Crippen LogP contribution in [0.3, 0.4) is 0 Å². The number of halogens is 1. The summed E-state index contributed by atoms with van der Waals surface area (Å²) in [4.78, 5) is 37.3. The number of hydrogen-bond donors (Lipinski definition) is 3. The second-order valence-corrected chi connectivity index (χ2v) is 18.0. The number of nitro groups is 1. The number of H-pyrrole nitrogens is 1. The van der Waals surface area contributed by atoms with Gasteiger partial charge in [0.15, 0.2) is 0 Å². The van der Waals surface area contributed by atoms with Gasteiger partial charge in [-0.15, -0.1) is 10.2 Å². The van der Waals surface area contributed by atoms with Crippen LogP contribution in [0.25, 0.3) is 11.0 Å². The van der Waals surface area contributed by atoms with Crippen molar-refractivity contribution in [1.29, 1.82) is 0 Å². The number of hydrogen-bond acceptors (Lipinski definition) is 12. The lowest BCUT2D eigenvalue weighted by Gasteiger charge is -2.40. The van der Waals surface area contributed by atoms with Crippen LogP contribution in [-0.4, -0.2) is 81.6 Å². The number of fused-ring (bicyclic) bond motifs is 3. The first-order chi connectivity index (χ1) is 29.5. The van der Waals surface area contributed by atoms with Crippen molar-refractivity contribution in [3.63, 3.8) is 0 Å². The summed E-state index contributed by atoms with van der Waals surface area (Å²) in [7, 11) is -4.58. The highest BCUT2D eigenvalue weighted by atomic mass is 35.5. The number of piperazine rings is 1. The number of anilines is 2. The first-order valence-electron chi connectivity index (χ1n) is 20.5. The van der Waals surface area contributed by atoms with Gasteiger partial charge in [0.2, 0.25) is 0 Å². The van der Waals surface area contributed by atoms with E-state index in [0.29, 0.717) is 24.5 Å². The molecule has 2 unspecified atom stereocenters. The predicted molar refractivity (Wildman–Crippen MR) is 231 cm³/mol. The van der Waals surface area contributed by atoms with Crippen molar-refractivity contribution in [1.82, 2.24) is 34.4 Å². The molecule has 1 amide bonds. The van der Waals surface area contributed by atoms with Crippen LogP contribution in [0.4, 0.5) is 17.1 Å². The molecule has 18 heteroatoms. The molecule has 1 aliphatic carbocycles. The number of amides is 1. The van der Waals surface area contributed by atoms with Crippen molar-refractivity contribution in [3.8, 4) is 11.5 Å². The van der Waals surface area contributed by atoms with Crippen LogP contribution in [-0.2, 0) is 29.4 Å². The van der Waals surface area contributed by atoms with Gasteiger partial charge in [-0.1, -0.05) is 30.2 Å². The Labute approximate surface area is 357 Å². The fourth-order valence-corrected chi connectivity index (χ4v) is 10.1. The zero-order chi connectivity index (χ0) is 42.3. The number of nitro benzene ring substituents is 1. The molecule has 6 aromatic rings. The lowest BCUT2D eigenvalue weighted by Crippen LogP contribution is -2.47. The van der Waals surface area contributed by atoms with Gasteiger partial charge in [-0.2, -0.15) is 0 Å². The van der Waals surface area contributed by atoms with Gasteiger partial charge in [-0.3, -0.25) is 19.8 Å². The van der Waals surface area contributed by atoms with Crippen LogP contribution in [0.5, 0.6) is 11.5 Å². The summed E-state index contributed by atoms with van der Waals surface area (Å²) < 4.78 is 38.0. The number of pyridine rings is 1. The molecule has 1 saturated heterocycles. The van der Waals surface area contributed by atoms with E-state index in [2.05, 4.69) is 46.1 Å². The van der Waals surface area contributed by atoms with Gasteiger partial charge in [-0.25, -0.2) is 18.1 Å². The van der Waals surface area contributed by atoms with E-state index in [4.69, 9.17) is 16.3 Å². The number of rotatable bonds is 11. The number of ether oxygens (including phenoxy) is 1. The lowest BCUT2D eigenvalue weighted by molar-refractivity contribution is -0.384. The van der Waals surface area contributed by atoms with Crippen molar-refractivity contribution in [2.75, 3.05) is 42.9 Å². The summed E-state index contributed by atoms with van der Waals surface area (Å²) in [6, 6.07) is 18.7. The van der Waals surface area contributed by atoms with Crippen LogP contribution in [0, 0.1) is 23.0 Å². The first-order valence-corrected chi connectivity index (χ1v) is 22.4. The second-order valence-electron chi connectivity index (χ2n) is 15.9. The topological polar surface area (TPSA) is 194 Å². The molecule has 0 saturated carbocycles. The van der Waals surface area contributed by atoms with Crippen molar-refractivity contribution in [2.24, 2.45) is 5.92 Å². The number of aromatic amines is 1. The molecule has 2 aliphatic heterocycles. The minimum atomic E-state index is -4.58. The van der Waals surface area contributed by atoms with Gasteiger partial charge >= 0.3 is 0 Å². The summed E-state index contributed by atoms with van der Waals surface area (Å²) in [5, 5.41) is 25.3. The number of aromatic nitrogens is 5. The minimum absolute atomic E-state index is 0.0428. The number of carbonyl (C=O) groups excluding carboxylic acids is 1. The number of nitrogens with zero attached hydrogens (tertiary/aromatic N) is 7. The highest BCUT2D eigenvalue weighted by molar-refractivity contribution is 7.90. The molecule has 3 aliphatic rings. The maximum atomic E-state index is 14.0. The standard InChI is InChI=1S/C43H45ClN10O6S/c1-27-48-49-41-14-9-28(26-53(27)41)24-46-37-13-11-32(23-39(37)54(56)57)61(58,59)50-43(55)35-12-10-30(22-40(35)60-31-21-29-15-16-45-42(29)47-25-31)51-17-19-52(20-18-51)38-8-3-2-5-33-34(38)6-4-7-36(33)44/h4,6-7,10-13,15-16,21-23,25,28,38,46H,2-3,5,8-9,14,17-20,24,26H2,1H3,(H,45,47)(H,50,55). The Balaban J connectivity index is 0.933. The van der Waals surface area contributed by atoms with E-state index < -0.39 is 31.4 Å². The van der Waals surface area contributed by atoms with Crippen LogP contribution >= 0.6 is 11.6 Å². The van der Waals surface area contributed by atoms with E-state index in [9.17, 15) is 23.3 Å². The first kappa shape index (κ1) is 40.4. The monoisotopic (exact) mass is 864 g/mol. The average Bonchev–Trinajstić information content (AvgIpc) is 3.81. The molecule has 3 aromatic heterocycles. The Morgan fingerprint density at radius 2 is 1.87 bits per heavy atom. The molecule has 0 radical (unpaired) electrons. The molecule has 3 aromatic carbocycles. The number of carbonyl (C=O) groups is 1. The zero-order valence-electron chi connectivity index (χ0n) is 33.5. The number of aryl methyl sites for hydroxylation is 2. The molecule has 2 atom stereocenters. The molecule has 0 bridgehead atoms. The largest absolute Gasteiger partial charge is 0.455 e. The smallest absolute Gasteiger partial charge is 0.293 e. The Kier molecular flexibility index (Phi) is 11.1. The van der Waals surface area contributed by atoms with Crippen molar-refractivity contribution in [2.45, 2.75) is 62.9 Å². The third kappa shape index (κ3) is 8.37. The summed E-state index contributed by atoms with van der Waals surface area (Å²) in [6.07, 6.45) is 9.14. The number of nitrogens with one attached hydrogen (secondary N) is 3. The molecule has 3 N–H and O–H groups in total. The van der Waals surface area contributed by atoms with Crippen molar-refractivity contribution in [3.05, 3.63) is 123 Å². The molecular formula is C43H45ClN10O6S. The van der Waals surface area contributed by atoms with E-state index in [1.807, 2.05) is 29.7 Å². The molecule has 0 spiro atoms. The third-order valence-corrected chi connectivity index (χ3v) is 13.8. The fraction of sp³-hybridized carbons (Fsp3) is 0.349. The Morgan fingerprint density at radius 3 is 2.70 bits per heavy atom. The van der Waals surface area contributed by atoms with E-state index >= 15 is 0 Å². The van der Waals surface area contributed by atoms with Crippen molar-refractivity contribution >= 4 is 55.6 Å². The van der Waals surface area contributed by atoms with Gasteiger partial charge in [0.25, 0.3) is 21.6 Å².